The predicted octanol–water partition coefficient (Wildman–Crippen LogP) is -0.918. The zero-order valence-electron chi connectivity index (χ0n) is 11.7. The van der Waals surface area contributed by atoms with E-state index in [9.17, 15) is 19.2 Å². The summed E-state index contributed by atoms with van der Waals surface area (Å²) in [5.74, 6) is -2.75. The van der Waals surface area contributed by atoms with E-state index in [1.165, 1.54) is 13.8 Å². The third kappa shape index (κ3) is 3.25. The molecule has 0 aliphatic carbocycles. The molecule has 2 atom stereocenters. The first-order valence-electron chi connectivity index (χ1n) is 6.28. The number of carboxylic acid groups (broad SMARTS) is 1. The van der Waals surface area contributed by atoms with Crippen LogP contribution in [-0.2, 0) is 23.9 Å². The molecule has 1 heterocycles. The number of hydrogen-bond acceptors (Lipinski definition) is 5. The Kier molecular flexibility index (Phi) is 5.06. The van der Waals surface area contributed by atoms with Crippen LogP contribution < -0.4 is 0 Å². The lowest BCUT2D eigenvalue weighted by atomic mass is 10.1. The van der Waals surface area contributed by atoms with Crippen molar-refractivity contribution in [1.29, 1.82) is 0 Å². The van der Waals surface area contributed by atoms with Crippen molar-refractivity contribution >= 4 is 23.8 Å². The summed E-state index contributed by atoms with van der Waals surface area (Å²) in [6.07, 6.45) is 0. The van der Waals surface area contributed by atoms with Crippen molar-refractivity contribution in [2.75, 3.05) is 19.7 Å². The molecule has 2 unspecified atom stereocenters. The Bertz CT molecular complexity index is 436. The Balaban J connectivity index is 2.79. The molecule has 1 saturated heterocycles. The molecule has 8 heteroatoms. The molecule has 0 saturated carbocycles. The molecule has 112 valence electrons. The van der Waals surface area contributed by atoms with Gasteiger partial charge in [-0.15, -0.1) is 0 Å². The molecule has 0 aromatic heterocycles. The maximum atomic E-state index is 12.0. The van der Waals surface area contributed by atoms with E-state index in [0.717, 1.165) is 9.80 Å². The van der Waals surface area contributed by atoms with Crippen LogP contribution >= 0.6 is 0 Å². The van der Waals surface area contributed by atoms with E-state index in [4.69, 9.17) is 9.84 Å². The number of hydrogen-bond donors (Lipinski definition) is 1. The number of esters is 1. The highest BCUT2D eigenvalue weighted by molar-refractivity contribution is 5.97. The molecule has 0 radical (unpaired) electrons. The summed E-state index contributed by atoms with van der Waals surface area (Å²) >= 11 is 0. The third-order valence-electron chi connectivity index (χ3n) is 3.17. The van der Waals surface area contributed by atoms with Gasteiger partial charge in [0.25, 0.3) is 0 Å². The second-order valence-electron chi connectivity index (χ2n) is 4.49. The van der Waals surface area contributed by atoms with E-state index in [0.29, 0.717) is 0 Å². The monoisotopic (exact) mass is 286 g/mol. The smallest absolute Gasteiger partial charge is 0.328 e. The topological polar surface area (TPSA) is 104 Å². The van der Waals surface area contributed by atoms with E-state index in [1.54, 1.807) is 6.92 Å². The highest BCUT2D eigenvalue weighted by Crippen LogP contribution is 2.13. The predicted molar refractivity (Wildman–Crippen MR) is 66.6 cm³/mol. The van der Waals surface area contributed by atoms with Gasteiger partial charge in [-0.25, -0.2) is 9.59 Å². The van der Waals surface area contributed by atoms with Crippen LogP contribution in [0.1, 0.15) is 20.8 Å². The molecule has 1 aliphatic rings. The molecule has 1 rings (SSSR count). The zero-order valence-corrected chi connectivity index (χ0v) is 11.7. The van der Waals surface area contributed by atoms with Crippen LogP contribution in [0, 0.1) is 0 Å². The van der Waals surface area contributed by atoms with Gasteiger partial charge in [-0.2, -0.15) is 0 Å². The van der Waals surface area contributed by atoms with Crippen molar-refractivity contribution in [3.8, 4) is 0 Å². The van der Waals surface area contributed by atoms with Crippen LogP contribution in [0.3, 0.4) is 0 Å². The number of amides is 2. The van der Waals surface area contributed by atoms with E-state index in [-0.39, 0.29) is 19.7 Å². The van der Waals surface area contributed by atoms with Gasteiger partial charge < -0.3 is 19.6 Å². The molecule has 0 bridgehead atoms. The summed E-state index contributed by atoms with van der Waals surface area (Å²) in [4.78, 5) is 48.4. The lowest BCUT2D eigenvalue weighted by molar-refractivity contribution is -0.164. The standard InChI is InChI=1S/C12H18N2O6/c1-4-20-12(19)8(3)14-6-9(15)13(5-10(14)16)7(2)11(17)18/h7-8H,4-6H2,1-3H3,(H,17,18). The van der Waals surface area contributed by atoms with Gasteiger partial charge in [-0.1, -0.05) is 0 Å². The summed E-state index contributed by atoms with van der Waals surface area (Å²) in [6, 6.07) is -1.94. The summed E-state index contributed by atoms with van der Waals surface area (Å²) in [5.41, 5.74) is 0. The van der Waals surface area contributed by atoms with E-state index < -0.39 is 35.8 Å². The maximum absolute atomic E-state index is 12.0. The number of carbonyl (C=O) groups is 4. The second-order valence-corrected chi connectivity index (χ2v) is 4.49. The van der Waals surface area contributed by atoms with Gasteiger partial charge in [0.05, 0.1) is 6.61 Å². The average Bonchev–Trinajstić information content (AvgIpc) is 2.39. The van der Waals surface area contributed by atoms with Crippen LogP contribution in [-0.4, -0.2) is 70.4 Å². The maximum Gasteiger partial charge on any atom is 0.328 e. The molecule has 8 nitrogen and oxygen atoms in total. The lowest BCUT2D eigenvalue weighted by Crippen LogP contribution is -2.60. The summed E-state index contributed by atoms with van der Waals surface area (Å²) in [6.45, 7) is 3.95. The number of rotatable bonds is 5. The average molecular weight is 286 g/mol. The highest BCUT2D eigenvalue weighted by Gasteiger charge is 2.38. The Labute approximate surface area is 116 Å². The zero-order chi connectivity index (χ0) is 15.4. The molecule has 20 heavy (non-hydrogen) atoms. The molecule has 0 spiro atoms. The fraction of sp³-hybridized carbons (Fsp3) is 0.667. The largest absolute Gasteiger partial charge is 0.480 e. The quantitative estimate of drug-likeness (QED) is 0.656. The van der Waals surface area contributed by atoms with Gasteiger partial charge >= 0.3 is 11.9 Å². The molecule has 1 N–H and O–H groups in total. The number of piperazine rings is 1. The van der Waals surface area contributed by atoms with Crippen molar-refractivity contribution in [2.45, 2.75) is 32.9 Å². The van der Waals surface area contributed by atoms with Crippen molar-refractivity contribution in [1.82, 2.24) is 9.80 Å². The molecule has 1 fully saturated rings. The van der Waals surface area contributed by atoms with Gasteiger partial charge in [-0.05, 0) is 20.8 Å². The summed E-state index contributed by atoms with van der Waals surface area (Å²) < 4.78 is 4.80. The van der Waals surface area contributed by atoms with E-state index in [2.05, 4.69) is 0 Å². The van der Waals surface area contributed by atoms with Crippen molar-refractivity contribution in [3.63, 3.8) is 0 Å². The lowest BCUT2D eigenvalue weighted by Gasteiger charge is -2.37. The minimum Gasteiger partial charge on any atom is -0.480 e. The number of ether oxygens (including phenoxy) is 1. The number of carbonyl (C=O) groups excluding carboxylic acids is 3. The molecule has 0 aromatic carbocycles. The van der Waals surface area contributed by atoms with Crippen LogP contribution in [0.15, 0.2) is 0 Å². The van der Waals surface area contributed by atoms with Crippen molar-refractivity contribution < 1.29 is 29.0 Å². The SMILES string of the molecule is CCOC(=O)C(C)N1CC(=O)N(C(C)C(=O)O)CC1=O. The Hall–Kier alpha value is -2.12. The Morgan fingerprint density at radius 2 is 1.60 bits per heavy atom. The summed E-state index contributed by atoms with van der Waals surface area (Å²) in [5, 5.41) is 8.88. The fourth-order valence-electron chi connectivity index (χ4n) is 1.88. The molecular formula is C12H18N2O6. The van der Waals surface area contributed by atoms with Gasteiger partial charge in [0.15, 0.2) is 0 Å². The minimum absolute atomic E-state index is 0.182. The van der Waals surface area contributed by atoms with Gasteiger partial charge in [0.2, 0.25) is 11.8 Å². The van der Waals surface area contributed by atoms with Crippen LogP contribution in [0.2, 0.25) is 0 Å². The number of aliphatic carboxylic acids is 1. The Morgan fingerprint density at radius 3 is 2.00 bits per heavy atom. The van der Waals surface area contributed by atoms with Crippen molar-refractivity contribution in [2.24, 2.45) is 0 Å². The van der Waals surface area contributed by atoms with Crippen LogP contribution in [0.5, 0.6) is 0 Å². The van der Waals surface area contributed by atoms with Gasteiger partial charge in [0.1, 0.15) is 25.2 Å². The first kappa shape index (κ1) is 15.9. The van der Waals surface area contributed by atoms with Gasteiger partial charge in [0, 0.05) is 0 Å². The van der Waals surface area contributed by atoms with E-state index >= 15 is 0 Å². The second kappa shape index (κ2) is 6.36. The molecule has 2 amide bonds. The van der Waals surface area contributed by atoms with Crippen LogP contribution in [0.4, 0.5) is 0 Å². The highest BCUT2D eigenvalue weighted by atomic mass is 16.5. The fourth-order valence-corrected chi connectivity index (χ4v) is 1.88. The third-order valence-corrected chi connectivity index (χ3v) is 3.17. The minimum atomic E-state index is -1.18. The van der Waals surface area contributed by atoms with E-state index in [1.807, 2.05) is 0 Å². The normalized spacial score (nSPS) is 18.8. The summed E-state index contributed by atoms with van der Waals surface area (Å²) in [7, 11) is 0. The molecule has 1 aliphatic heterocycles. The van der Waals surface area contributed by atoms with Gasteiger partial charge in [-0.3, -0.25) is 9.59 Å². The molecule has 0 aromatic rings. The van der Waals surface area contributed by atoms with Crippen LogP contribution in [0.25, 0.3) is 0 Å². The number of nitrogens with zero attached hydrogens (tertiary/aromatic N) is 2. The van der Waals surface area contributed by atoms with Crippen molar-refractivity contribution in [3.05, 3.63) is 0 Å². The first-order valence-corrected chi connectivity index (χ1v) is 6.28. The molecular weight excluding hydrogens is 268 g/mol. The number of carboxylic acids is 1. The first-order chi connectivity index (χ1) is 9.29. The Morgan fingerprint density at radius 1 is 1.15 bits per heavy atom.